The number of benzene rings is 1. The average Bonchev–Trinajstić information content (AvgIpc) is 2.76. The number of hydrogen-bond acceptors (Lipinski definition) is 3. The van der Waals surface area contributed by atoms with Gasteiger partial charge in [0.15, 0.2) is 5.75 Å². The van der Waals surface area contributed by atoms with Crippen LogP contribution >= 0.6 is 0 Å². The van der Waals surface area contributed by atoms with Crippen molar-refractivity contribution in [3.8, 4) is 5.75 Å². The fourth-order valence-electron chi connectivity index (χ4n) is 1.41. The van der Waals surface area contributed by atoms with Crippen molar-refractivity contribution in [3.05, 3.63) is 48.3 Å². The lowest BCUT2D eigenvalue weighted by Crippen LogP contribution is -2.09. The molecule has 0 fully saturated rings. The van der Waals surface area contributed by atoms with Crippen molar-refractivity contribution in [2.24, 2.45) is 5.73 Å². The molecule has 4 heteroatoms. The Balaban J connectivity index is 1.89. The first-order chi connectivity index (χ1) is 7.88. The third-order valence-corrected chi connectivity index (χ3v) is 2.22. The fourth-order valence-corrected chi connectivity index (χ4v) is 1.41. The largest absolute Gasteiger partial charge is 0.486 e. The van der Waals surface area contributed by atoms with Crippen LogP contribution in [0.4, 0.5) is 0 Å². The van der Waals surface area contributed by atoms with Crippen molar-refractivity contribution in [2.45, 2.75) is 13.2 Å². The van der Waals surface area contributed by atoms with Gasteiger partial charge >= 0.3 is 0 Å². The molecule has 1 aromatic carbocycles. The third-order valence-electron chi connectivity index (χ3n) is 2.22. The van der Waals surface area contributed by atoms with Crippen LogP contribution in [0.15, 0.2) is 42.7 Å². The van der Waals surface area contributed by atoms with Gasteiger partial charge in [-0.05, 0) is 5.56 Å². The molecule has 1 heterocycles. The summed E-state index contributed by atoms with van der Waals surface area (Å²) in [5, 5.41) is 4.13. The van der Waals surface area contributed by atoms with E-state index in [-0.39, 0.29) is 0 Å². The van der Waals surface area contributed by atoms with Crippen molar-refractivity contribution in [3.63, 3.8) is 0 Å². The zero-order valence-corrected chi connectivity index (χ0v) is 9.04. The van der Waals surface area contributed by atoms with E-state index in [9.17, 15) is 0 Å². The molecule has 2 aromatic rings. The lowest BCUT2D eigenvalue weighted by atomic mass is 10.2. The monoisotopic (exact) mass is 217 g/mol. The Bertz CT molecular complexity index is 425. The van der Waals surface area contributed by atoms with Gasteiger partial charge in [-0.25, -0.2) is 0 Å². The van der Waals surface area contributed by atoms with Crippen LogP contribution in [0.2, 0.25) is 0 Å². The highest BCUT2D eigenvalue weighted by Gasteiger charge is 1.99. The van der Waals surface area contributed by atoms with E-state index in [1.165, 1.54) is 0 Å². The summed E-state index contributed by atoms with van der Waals surface area (Å²) in [6.07, 6.45) is 3.56. The third kappa shape index (κ3) is 2.84. The van der Waals surface area contributed by atoms with Gasteiger partial charge in [0.1, 0.15) is 6.61 Å². The molecule has 0 radical (unpaired) electrons. The molecule has 16 heavy (non-hydrogen) atoms. The number of nitrogens with two attached hydrogens (primary N) is 1. The summed E-state index contributed by atoms with van der Waals surface area (Å²) in [6, 6.07) is 10.0. The van der Waals surface area contributed by atoms with Gasteiger partial charge in [-0.2, -0.15) is 5.10 Å². The fraction of sp³-hybridized carbons (Fsp3) is 0.250. The Morgan fingerprint density at radius 1 is 1.25 bits per heavy atom. The zero-order chi connectivity index (χ0) is 11.2. The van der Waals surface area contributed by atoms with Gasteiger partial charge in [0.25, 0.3) is 0 Å². The Kier molecular flexibility index (Phi) is 3.56. The highest BCUT2D eigenvalue weighted by atomic mass is 16.5. The summed E-state index contributed by atoms with van der Waals surface area (Å²) in [6.45, 7) is 1.86. The minimum atomic E-state index is 0.565. The summed E-state index contributed by atoms with van der Waals surface area (Å²) < 4.78 is 7.37. The highest BCUT2D eigenvalue weighted by molar-refractivity contribution is 5.16. The van der Waals surface area contributed by atoms with E-state index in [1.807, 2.05) is 36.5 Å². The Hall–Kier alpha value is -1.81. The molecule has 1 aromatic heterocycles. The molecule has 0 bridgehead atoms. The van der Waals surface area contributed by atoms with Crippen molar-refractivity contribution >= 4 is 0 Å². The maximum atomic E-state index is 5.59. The molecule has 0 saturated carbocycles. The normalized spacial score (nSPS) is 10.3. The van der Waals surface area contributed by atoms with Gasteiger partial charge in [-0.1, -0.05) is 30.3 Å². The molecule has 0 aliphatic heterocycles. The van der Waals surface area contributed by atoms with Crippen LogP contribution in [0.25, 0.3) is 0 Å². The summed E-state index contributed by atoms with van der Waals surface area (Å²) >= 11 is 0. The Morgan fingerprint density at radius 2 is 2.06 bits per heavy atom. The lowest BCUT2D eigenvalue weighted by molar-refractivity contribution is 0.306. The SMILES string of the molecule is NCCn1cc(OCc2ccccc2)cn1. The van der Waals surface area contributed by atoms with Crippen LogP contribution in [-0.4, -0.2) is 16.3 Å². The summed E-state index contributed by atoms with van der Waals surface area (Å²) in [5.41, 5.74) is 6.58. The first kappa shape index (κ1) is 10.7. The second-order valence-corrected chi connectivity index (χ2v) is 3.50. The topological polar surface area (TPSA) is 53.1 Å². The zero-order valence-electron chi connectivity index (χ0n) is 9.04. The number of nitrogens with zero attached hydrogens (tertiary/aromatic N) is 2. The molecule has 0 atom stereocenters. The standard InChI is InChI=1S/C12H15N3O/c13-6-7-15-9-12(8-14-15)16-10-11-4-2-1-3-5-11/h1-5,8-9H,6-7,10,13H2. The first-order valence-corrected chi connectivity index (χ1v) is 5.28. The highest BCUT2D eigenvalue weighted by Crippen LogP contribution is 2.10. The maximum absolute atomic E-state index is 5.59. The van der Waals surface area contributed by atoms with Crippen molar-refractivity contribution in [2.75, 3.05) is 6.54 Å². The molecule has 0 spiro atoms. The van der Waals surface area contributed by atoms with E-state index in [0.29, 0.717) is 19.7 Å². The van der Waals surface area contributed by atoms with Gasteiger partial charge in [-0.15, -0.1) is 0 Å². The predicted molar refractivity (Wildman–Crippen MR) is 62.1 cm³/mol. The van der Waals surface area contributed by atoms with Crippen molar-refractivity contribution < 1.29 is 4.74 Å². The van der Waals surface area contributed by atoms with Gasteiger partial charge in [0.05, 0.1) is 18.9 Å². The first-order valence-electron chi connectivity index (χ1n) is 5.28. The smallest absolute Gasteiger partial charge is 0.157 e. The van der Waals surface area contributed by atoms with Crippen LogP contribution in [0.1, 0.15) is 5.56 Å². The molecule has 2 rings (SSSR count). The van der Waals surface area contributed by atoms with E-state index in [4.69, 9.17) is 10.5 Å². The van der Waals surface area contributed by atoms with E-state index in [0.717, 1.165) is 11.3 Å². The van der Waals surface area contributed by atoms with E-state index < -0.39 is 0 Å². The molecule has 0 aliphatic carbocycles. The number of hydrogen-bond donors (Lipinski definition) is 1. The molecule has 0 amide bonds. The molecule has 0 unspecified atom stereocenters. The minimum Gasteiger partial charge on any atom is -0.486 e. The lowest BCUT2D eigenvalue weighted by Gasteiger charge is -2.02. The average molecular weight is 217 g/mol. The van der Waals surface area contributed by atoms with Crippen molar-refractivity contribution in [1.29, 1.82) is 0 Å². The molecule has 0 aliphatic rings. The van der Waals surface area contributed by atoms with Crippen LogP contribution in [-0.2, 0) is 13.2 Å². The van der Waals surface area contributed by atoms with Crippen LogP contribution in [0.5, 0.6) is 5.75 Å². The van der Waals surface area contributed by atoms with E-state index in [2.05, 4.69) is 5.10 Å². The Morgan fingerprint density at radius 3 is 2.81 bits per heavy atom. The molecule has 0 saturated heterocycles. The molecule has 2 N–H and O–H groups in total. The summed E-state index contributed by atoms with van der Waals surface area (Å²) in [7, 11) is 0. The summed E-state index contributed by atoms with van der Waals surface area (Å²) in [4.78, 5) is 0. The number of aromatic nitrogens is 2. The van der Waals surface area contributed by atoms with Gasteiger partial charge in [0.2, 0.25) is 0 Å². The van der Waals surface area contributed by atoms with Crippen LogP contribution in [0.3, 0.4) is 0 Å². The van der Waals surface area contributed by atoms with Crippen LogP contribution in [0, 0.1) is 0 Å². The van der Waals surface area contributed by atoms with Crippen LogP contribution < -0.4 is 10.5 Å². The summed E-state index contributed by atoms with van der Waals surface area (Å²) in [5.74, 6) is 0.775. The van der Waals surface area contributed by atoms with Gasteiger partial charge < -0.3 is 10.5 Å². The Labute approximate surface area is 94.6 Å². The molecular formula is C12H15N3O. The second kappa shape index (κ2) is 5.32. The quantitative estimate of drug-likeness (QED) is 0.824. The number of rotatable bonds is 5. The number of ether oxygens (including phenoxy) is 1. The van der Waals surface area contributed by atoms with E-state index in [1.54, 1.807) is 10.9 Å². The molecule has 4 nitrogen and oxygen atoms in total. The predicted octanol–water partition coefficient (Wildman–Crippen LogP) is 1.42. The van der Waals surface area contributed by atoms with Gasteiger partial charge in [0, 0.05) is 6.54 Å². The molecule has 84 valence electrons. The second-order valence-electron chi connectivity index (χ2n) is 3.50. The van der Waals surface area contributed by atoms with E-state index >= 15 is 0 Å². The van der Waals surface area contributed by atoms with Gasteiger partial charge in [-0.3, -0.25) is 4.68 Å². The minimum absolute atomic E-state index is 0.565. The van der Waals surface area contributed by atoms with Crippen molar-refractivity contribution in [1.82, 2.24) is 9.78 Å². The molecular weight excluding hydrogens is 202 g/mol. The maximum Gasteiger partial charge on any atom is 0.157 e.